The van der Waals surface area contributed by atoms with Gasteiger partial charge in [0.25, 0.3) is 0 Å². The molecule has 3 aromatic rings. The van der Waals surface area contributed by atoms with E-state index in [0.717, 1.165) is 11.9 Å². The second-order valence-electron chi connectivity index (χ2n) is 4.79. The summed E-state index contributed by atoms with van der Waals surface area (Å²) in [6.45, 7) is 2.59. The van der Waals surface area contributed by atoms with E-state index in [9.17, 15) is 9.90 Å². The van der Waals surface area contributed by atoms with Crippen LogP contribution in [-0.4, -0.2) is 9.67 Å². The standard InChI is InChI=1S/C15H14ClNO4/c1-2-7-17-10-4-3-9(8-12(10)21-15(17)19)14(18)11-5-6-13(16)20-11/h3-6,8,14,18H,2,7H2,1H3. The SMILES string of the molecule is CCCn1c(=O)oc2cc(C(O)c3ccc(Cl)o3)ccc21. The molecule has 0 fully saturated rings. The molecular weight excluding hydrogens is 294 g/mol. The van der Waals surface area contributed by atoms with Crippen LogP contribution in [0.1, 0.15) is 30.8 Å². The normalized spacial score (nSPS) is 12.9. The van der Waals surface area contributed by atoms with Crippen LogP contribution in [0.5, 0.6) is 0 Å². The number of furan rings is 1. The molecule has 0 aliphatic rings. The smallest absolute Gasteiger partial charge is 0.419 e. The van der Waals surface area contributed by atoms with Gasteiger partial charge in [0.2, 0.25) is 0 Å². The number of aliphatic hydroxyl groups excluding tert-OH is 1. The number of benzene rings is 1. The number of aromatic nitrogens is 1. The molecule has 2 aromatic heterocycles. The predicted octanol–water partition coefficient (Wildman–Crippen LogP) is 3.33. The number of hydrogen-bond acceptors (Lipinski definition) is 4. The minimum absolute atomic E-state index is 0.214. The highest BCUT2D eigenvalue weighted by Gasteiger charge is 2.17. The van der Waals surface area contributed by atoms with Crippen molar-refractivity contribution in [1.29, 1.82) is 0 Å². The van der Waals surface area contributed by atoms with Gasteiger partial charge in [-0.3, -0.25) is 4.57 Å². The summed E-state index contributed by atoms with van der Waals surface area (Å²) in [5.41, 5.74) is 1.74. The van der Waals surface area contributed by atoms with Gasteiger partial charge in [0.05, 0.1) is 5.52 Å². The zero-order valence-corrected chi connectivity index (χ0v) is 12.1. The maximum atomic E-state index is 11.8. The van der Waals surface area contributed by atoms with Gasteiger partial charge in [0.15, 0.2) is 10.8 Å². The number of oxazole rings is 1. The van der Waals surface area contributed by atoms with Gasteiger partial charge >= 0.3 is 5.76 Å². The Morgan fingerprint density at radius 1 is 1.29 bits per heavy atom. The van der Waals surface area contributed by atoms with Gasteiger partial charge in [-0.1, -0.05) is 13.0 Å². The molecule has 0 radical (unpaired) electrons. The summed E-state index contributed by atoms with van der Waals surface area (Å²) in [6.07, 6.45) is -0.120. The van der Waals surface area contributed by atoms with Gasteiger partial charge in [-0.05, 0) is 47.9 Å². The Morgan fingerprint density at radius 3 is 2.76 bits per heavy atom. The van der Waals surface area contributed by atoms with Crippen molar-refractivity contribution in [3.63, 3.8) is 0 Å². The third kappa shape index (κ3) is 2.50. The Morgan fingerprint density at radius 2 is 2.10 bits per heavy atom. The number of aryl methyl sites for hydroxylation is 1. The van der Waals surface area contributed by atoms with Crippen LogP contribution >= 0.6 is 11.6 Å². The van der Waals surface area contributed by atoms with Gasteiger partial charge in [-0.15, -0.1) is 0 Å². The molecule has 5 nitrogen and oxygen atoms in total. The second kappa shape index (κ2) is 5.42. The van der Waals surface area contributed by atoms with Crippen LogP contribution in [0.15, 0.2) is 44.0 Å². The second-order valence-corrected chi connectivity index (χ2v) is 5.16. The Bertz CT molecular complexity index is 830. The Labute approximate surface area is 125 Å². The van der Waals surface area contributed by atoms with E-state index in [1.165, 1.54) is 0 Å². The van der Waals surface area contributed by atoms with E-state index < -0.39 is 6.10 Å². The van der Waals surface area contributed by atoms with Gasteiger partial charge in [0, 0.05) is 6.54 Å². The molecule has 0 spiro atoms. The number of halogens is 1. The molecular formula is C15H14ClNO4. The summed E-state index contributed by atoms with van der Waals surface area (Å²) in [6, 6.07) is 8.32. The highest BCUT2D eigenvalue weighted by molar-refractivity contribution is 6.28. The van der Waals surface area contributed by atoms with Crippen molar-refractivity contribution in [2.45, 2.75) is 26.0 Å². The first-order valence-corrected chi connectivity index (χ1v) is 7.04. The van der Waals surface area contributed by atoms with E-state index in [1.54, 1.807) is 34.9 Å². The van der Waals surface area contributed by atoms with Crippen molar-refractivity contribution in [3.8, 4) is 0 Å². The molecule has 1 N–H and O–H groups in total. The fourth-order valence-electron chi connectivity index (χ4n) is 2.33. The van der Waals surface area contributed by atoms with E-state index in [0.29, 0.717) is 23.5 Å². The molecule has 1 aromatic carbocycles. The minimum Gasteiger partial charge on any atom is -0.447 e. The minimum atomic E-state index is -0.957. The van der Waals surface area contributed by atoms with Crippen molar-refractivity contribution in [3.05, 3.63) is 57.4 Å². The highest BCUT2D eigenvalue weighted by Crippen LogP contribution is 2.27. The van der Waals surface area contributed by atoms with Crippen LogP contribution in [0.3, 0.4) is 0 Å². The van der Waals surface area contributed by atoms with Crippen LogP contribution in [-0.2, 0) is 6.54 Å². The third-order valence-corrected chi connectivity index (χ3v) is 3.52. The molecule has 1 unspecified atom stereocenters. The lowest BCUT2D eigenvalue weighted by Gasteiger charge is -2.08. The average molecular weight is 308 g/mol. The number of fused-ring (bicyclic) bond motifs is 1. The van der Waals surface area contributed by atoms with E-state index in [2.05, 4.69) is 0 Å². The lowest BCUT2D eigenvalue weighted by molar-refractivity contribution is 0.189. The van der Waals surface area contributed by atoms with Crippen molar-refractivity contribution in [1.82, 2.24) is 4.57 Å². The molecule has 0 bridgehead atoms. The summed E-state index contributed by atoms with van der Waals surface area (Å²) in [5, 5.41) is 10.5. The first-order valence-electron chi connectivity index (χ1n) is 6.66. The number of hydrogen-bond donors (Lipinski definition) is 1. The van der Waals surface area contributed by atoms with E-state index in [1.807, 2.05) is 6.92 Å². The van der Waals surface area contributed by atoms with Crippen LogP contribution in [0.25, 0.3) is 11.1 Å². The molecule has 2 heterocycles. The third-order valence-electron chi connectivity index (χ3n) is 3.32. The van der Waals surface area contributed by atoms with E-state index in [4.69, 9.17) is 20.4 Å². The van der Waals surface area contributed by atoms with Crippen molar-refractivity contribution < 1.29 is 13.9 Å². The Kier molecular flexibility index (Phi) is 3.61. The van der Waals surface area contributed by atoms with Crippen molar-refractivity contribution in [2.24, 2.45) is 0 Å². The number of rotatable bonds is 4. The maximum absolute atomic E-state index is 11.8. The van der Waals surface area contributed by atoms with Crippen molar-refractivity contribution >= 4 is 22.7 Å². The molecule has 1 atom stereocenters. The van der Waals surface area contributed by atoms with Gasteiger partial charge in [-0.2, -0.15) is 0 Å². The van der Waals surface area contributed by atoms with Crippen LogP contribution in [0.4, 0.5) is 0 Å². The zero-order valence-electron chi connectivity index (χ0n) is 11.4. The molecule has 0 aliphatic carbocycles. The van der Waals surface area contributed by atoms with Crippen molar-refractivity contribution in [2.75, 3.05) is 0 Å². The van der Waals surface area contributed by atoms with E-state index in [-0.39, 0.29) is 11.0 Å². The monoisotopic (exact) mass is 307 g/mol. The summed E-state index contributed by atoms with van der Waals surface area (Å²) >= 11 is 5.70. The maximum Gasteiger partial charge on any atom is 0.419 e. The average Bonchev–Trinajstić information content (AvgIpc) is 3.02. The summed E-state index contributed by atoms with van der Waals surface area (Å²) in [7, 11) is 0. The van der Waals surface area contributed by atoms with Gasteiger partial charge in [-0.25, -0.2) is 4.79 Å². The van der Waals surface area contributed by atoms with Gasteiger partial charge in [0.1, 0.15) is 11.9 Å². The fraction of sp³-hybridized carbons (Fsp3) is 0.267. The molecule has 6 heteroatoms. The van der Waals surface area contributed by atoms with Crippen LogP contribution in [0, 0.1) is 0 Å². The van der Waals surface area contributed by atoms with Crippen LogP contribution < -0.4 is 5.76 Å². The Balaban J connectivity index is 2.03. The topological polar surface area (TPSA) is 68.5 Å². The molecule has 21 heavy (non-hydrogen) atoms. The molecule has 0 saturated carbocycles. The summed E-state index contributed by atoms with van der Waals surface area (Å²) in [5.74, 6) is -0.0470. The Hall–Kier alpha value is -1.98. The summed E-state index contributed by atoms with van der Waals surface area (Å²) in [4.78, 5) is 11.8. The van der Waals surface area contributed by atoms with E-state index >= 15 is 0 Å². The molecule has 0 amide bonds. The summed E-state index contributed by atoms with van der Waals surface area (Å²) < 4.78 is 12.0. The first-order chi connectivity index (χ1) is 10.1. The number of nitrogens with zero attached hydrogens (tertiary/aromatic N) is 1. The number of aliphatic hydroxyl groups is 1. The van der Waals surface area contributed by atoms with Crippen LogP contribution in [0.2, 0.25) is 5.22 Å². The zero-order chi connectivity index (χ0) is 15.0. The highest BCUT2D eigenvalue weighted by atomic mass is 35.5. The lowest BCUT2D eigenvalue weighted by atomic mass is 10.1. The molecule has 0 saturated heterocycles. The molecule has 0 aliphatic heterocycles. The largest absolute Gasteiger partial charge is 0.447 e. The predicted molar refractivity (Wildman–Crippen MR) is 78.5 cm³/mol. The first kappa shape index (κ1) is 14.0. The van der Waals surface area contributed by atoms with Gasteiger partial charge < -0.3 is 13.9 Å². The quantitative estimate of drug-likeness (QED) is 0.802. The molecule has 110 valence electrons. The lowest BCUT2D eigenvalue weighted by Crippen LogP contribution is -2.13. The fourth-order valence-corrected chi connectivity index (χ4v) is 2.48. The molecule has 3 rings (SSSR count).